The fourth-order valence-electron chi connectivity index (χ4n) is 2.05. The number of carbonyl (C=O) groups is 2. The quantitative estimate of drug-likeness (QED) is 0.298. The van der Waals surface area contributed by atoms with Crippen molar-refractivity contribution in [1.29, 1.82) is 0 Å². The summed E-state index contributed by atoms with van der Waals surface area (Å²) in [6, 6.07) is 7.48. The van der Waals surface area contributed by atoms with Gasteiger partial charge in [0.1, 0.15) is 11.4 Å². The van der Waals surface area contributed by atoms with E-state index in [1.54, 1.807) is 34.9 Å². The number of carbonyl (C=O) groups excluding carboxylic acids is 2. The first-order valence-corrected chi connectivity index (χ1v) is 9.04. The van der Waals surface area contributed by atoms with Gasteiger partial charge in [0.15, 0.2) is 5.96 Å². The number of ether oxygens (including phenoxy) is 2. The predicted molar refractivity (Wildman–Crippen MR) is 108 cm³/mol. The molecule has 0 aliphatic heterocycles. The Kier molecular flexibility index (Phi) is 9.63. The number of benzene rings is 1. The number of amides is 2. The van der Waals surface area contributed by atoms with Crippen molar-refractivity contribution in [3.63, 3.8) is 0 Å². The molecule has 0 unspecified atom stereocenters. The second-order valence-electron chi connectivity index (χ2n) is 6.91. The third-order valence-corrected chi connectivity index (χ3v) is 3.37. The SMILES string of the molecule is CN=C(NCCNC(=O)OC(C)(C)C)NCC(=O)NCc1ccc(OC)cc1. The molecule has 0 fully saturated rings. The summed E-state index contributed by atoms with van der Waals surface area (Å²) in [5, 5.41) is 11.4. The Morgan fingerprint density at radius 1 is 1.00 bits per heavy atom. The van der Waals surface area contributed by atoms with Crippen LogP contribution in [0.2, 0.25) is 0 Å². The summed E-state index contributed by atoms with van der Waals surface area (Å²) >= 11 is 0. The first kappa shape index (κ1) is 23.1. The number of hydrogen-bond acceptors (Lipinski definition) is 5. The van der Waals surface area contributed by atoms with Crippen LogP contribution in [0.1, 0.15) is 26.3 Å². The summed E-state index contributed by atoms with van der Waals surface area (Å²) in [6.45, 7) is 6.71. The Morgan fingerprint density at radius 3 is 2.21 bits per heavy atom. The Balaban J connectivity index is 2.22. The molecule has 0 spiro atoms. The lowest BCUT2D eigenvalue weighted by Gasteiger charge is -2.19. The molecule has 2 amide bonds. The largest absolute Gasteiger partial charge is 0.497 e. The zero-order valence-electron chi connectivity index (χ0n) is 17.2. The van der Waals surface area contributed by atoms with E-state index in [9.17, 15) is 9.59 Å². The minimum atomic E-state index is -0.533. The maximum Gasteiger partial charge on any atom is 0.407 e. The summed E-state index contributed by atoms with van der Waals surface area (Å²) in [5.41, 5.74) is 0.443. The Morgan fingerprint density at radius 2 is 1.64 bits per heavy atom. The van der Waals surface area contributed by atoms with Crippen molar-refractivity contribution in [3.05, 3.63) is 29.8 Å². The van der Waals surface area contributed by atoms with E-state index in [1.807, 2.05) is 24.3 Å². The third kappa shape index (κ3) is 10.2. The minimum Gasteiger partial charge on any atom is -0.497 e. The topological polar surface area (TPSA) is 113 Å². The van der Waals surface area contributed by atoms with Gasteiger partial charge in [-0.1, -0.05) is 12.1 Å². The molecule has 0 saturated heterocycles. The second-order valence-corrected chi connectivity index (χ2v) is 6.91. The first-order chi connectivity index (χ1) is 13.2. The van der Waals surface area contributed by atoms with Crippen molar-refractivity contribution >= 4 is 18.0 Å². The van der Waals surface area contributed by atoms with Gasteiger partial charge in [0.25, 0.3) is 0 Å². The Labute approximate surface area is 166 Å². The molecule has 0 aromatic heterocycles. The average Bonchev–Trinajstić information content (AvgIpc) is 2.64. The van der Waals surface area contributed by atoms with Crippen LogP contribution < -0.4 is 26.0 Å². The average molecular weight is 393 g/mol. The number of nitrogens with one attached hydrogen (secondary N) is 4. The van der Waals surface area contributed by atoms with E-state index in [0.717, 1.165) is 11.3 Å². The van der Waals surface area contributed by atoms with E-state index in [1.165, 1.54) is 0 Å². The molecule has 1 aromatic rings. The number of rotatable bonds is 8. The molecule has 0 aliphatic rings. The van der Waals surface area contributed by atoms with Crippen LogP contribution in [0, 0.1) is 0 Å². The molecule has 9 heteroatoms. The molecule has 4 N–H and O–H groups in total. The molecule has 1 rings (SSSR count). The molecular weight excluding hydrogens is 362 g/mol. The van der Waals surface area contributed by atoms with Crippen LogP contribution >= 0.6 is 0 Å². The van der Waals surface area contributed by atoms with Crippen LogP contribution in [0.25, 0.3) is 0 Å². The standard InChI is InChI=1S/C19H31N5O4/c1-19(2,3)28-18(26)22-11-10-21-17(20-4)24-13-16(25)23-12-14-6-8-15(27-5)9-7-14/h6-9H,10-13H2,1-5H3,(H,22,26)(H,23,25)(H2,20,21,24). The van der Waals surface area contributed by atoms with Crippen molar-refractivity contribution in [2.24, 2.45) is 4.99 Å². The Bertz CT molecular complexity index is 653. The van der Waals surface area contributed by atoms with Crippen LogP contribution in [0.4, 0.5) is 4.79 Å². The van der Waals surface area contributed by atoms with E-state index >= 15 is 0 Å². The van der Waals surface area contributed by atoms with Crippen LogP contribution in [-0.4, -0.2) is 57.4 Å². The van der Waals surface area contributed by atoms with E-state index in [-0.39, 0.29) is 12.5 Å². The van der Waals surface area contributed by atoms with E-state index < -0.39 is 11.7 Å². The lowest BCUT2D eigenvalue weighted by molar-refractivity contribution is -0.120. The number of guanidine groups is 1. The van der Waals surface area contributed by atoms with Gasteiger partial charge < -0.3 is 30.7 Å². The van der Waals surface area contributed by atoms with Gasteiger partial charge in [0, 0.05) is 26.7 Å². The smallest absolute Gasteiger partial charge is 0.407 e. The van der Waals surface area contributed by atoms with Crippen molar-refractivity contribution < 1.29 is 19.1 Å². The van der Waals surface area contributed by atoms with Crippen LogP contribution in [0.15, 0.2) is 29.3 Å². The molecule has 0 aliphatic carbocycles. The van der Waals surface area contributed by atoms with Crippen LogP contribution in [0.5, 0.6) is 5.75 Å². The van der Waals surface area contributed by atoms with Crippen molar-refractivity contribution in [3.8, 4) is 5.75 Å². The molecule has 1 aromatic carbocycles. The number of aliphatic imine (C=N–C) groups is 1. The molecular formula is C19H31N5O4. The summed E-state index contributed by atoms with van der Waals surface area (Å²) < 4.78 is 10.2. The second kappa shape index (κ2) is 11.7. The number of alkyl carbamates (subject to hydrolysis) is 1. The fraction of sp³-hybridized carbons (Fsp3) is 0.526. The molecule has 0 radical (unpaired) electrons. The van der Waals surface area contributed by atoms with Gasteiger partial charge in [0.2, 0.25) is 5.91 Å². The summed E-state index contributed by atoms with van der Waals surface area (Å²) in [7, 11) is 3.21. The monoisotopic (exact) mass is 393 g/mol. The highest BCUT2D eigenvalue weighted by Gasteiger charge is 2.15. The predicted octanol–water partition coefficient (Wildman–Crippen LogP) is 1.00. The highest BCUT2D eigenvalue weighted by molar-refractivity contribution is 5.86. The molecule has 9 nitrogen and oxygen atoms in total. The third-order valence-electron chi connectivity index (χ3n) is 3.37. The number of methoxy groups -OCH3 is 1. The maximum atomic E-state index is 12.0. The van der Waals surface area contributed by atoms with Gasteiger partial charge in [0.05, 0.1) is 13.7 Å². The highest BCUT2D eigenvalue weighted by Crippen LogP contribution is 2.10. The number of hydrogen-bond donors (Lipinski definition) is 4. The molecule has 28 heavy (non-hydrogen) atoms. The van der Waals surface area contributed by atoms with Crippen molar-refractivity contribution in [1.82, 2.24) is 21.3 Å². The lowest BCUT2D eigenvalue weighted by atomic mass is 10.2. The highest BCUT2D eigenvalue weighted by atomic mass is 16.6. The lowest BCUT2D eigenvalue weighted by Crippen LogP contribution is -2.45. The van der Waals surface area contributed by atoms with Crippen LogP contribution in [0.3, 0.4) is 0 Å². The minimum absolute atomic E-state index is 0.0787. The molecule has 0 heterocycles. The van der Waals surface area contributed by atoms with E-state index in [4.69, 9.17) is 9.47 Å². The van der Waals surface area contributed by atoms with E-state index in [2.05, 4.69) is 26.3 Å². The van der Waals surface area contributed by atoms with Gasteiger partial charge in [-0.3, -0.25) is 9.79 Å². The van der Waals surface area contributed by atoms with Gasteiger partial charge in [-0.15, -0.1) is 0 Å². The maximum absolute atomic E-state index is 12.0. The summed E-state index contributed by atoms with van der Waals surface area (Å²) in [6.07, 6.45) is -0.477. The van der Waals surface area contributed by atoms with Crippen LogP contribution in [-0.2, 0) is 16.1 Å². The normalized spacial score (nSPS) is 11.4. The van der Waals surface area contributed by atoms with Gasteiger partial charge in [-0.25, -0.2) is 4.79 Å². The molecule has 0 bridgehead atoms. The Hall–Kier alpha value is -2.97. The molecule has 0 atom stereocenters. The summed E-state index contributed by atoms with van der Waals surface area (Å²) in [4.78, 5) is 27.5. The van der Waals surface area contributed by atoms with E-state index in [0.29, 0.717) is 25.6 Å². The first-order valence-electron chi connectivity index (χ1n) is 9.04. The molecule has 0 saturated carbocycles. The fourth-order valence-corrected chi connectivity index (χ4v) is 2.05. The number of nitrogens with zero attached hydrogens (tertiary/aromatic N) is 1. The van der Waals surface area contributed by atoms with Crippen molar-refractivity contribution in [2.75, 3.05) is 33.8 Å². The zero-order valence-corrected chi connectivity index (χ0v) is 17.2. The molecule has 156 valence electrons. The van der Waals surface area contributed by atoms with Gasteiger partial charge in [-0.05, 0) is 38.5 Å². The summed E-state index contributed by atoms with van der Waals surface area (Å²) in [5.74, 6) is 1.07. The van der Waals surface area contributed by atoms with Gasteiger partial charge in [-0.2, -0.15) is 0 Å². The zero-order chi connectivity index (χ0) is 21.0. The van der Waals surface area contributed by atoms with Gasteiger partial charge >= 0.3 is 6.09 Å². The van der Waals surface area contributed by atoms with Crippen molar-refractivity contribution in [2.45, 2.75) is 32.9 Å².